The van der Waals surface area contributed by atoms with E-state index in [-0.39, 0.29) is 36.0 Å². The number of halogens is 2. The smallest absolute Gasteiger partial charge is 0.243 e. The van der Waals surface area contributed by atoms with Crippen molar-refractivity contribution in [3.8, 4) is 0 Å². The predicted molar refractivity (Wildman–Crippen MR) is 67.4 cm³/mol. The molecule has 0 saturated carbocycles. The zero-order valence-electron chi connectivity index (χ0n) is 10.7. The number of imidazole rings is 1. The molecule has 7 heteroatoms. The minimum absolute atomic E-state index is 0. The molecule has 5 nitrogen and oxygen atoms in total. The van der Waals surface area contributed by atoms with Crippen LogP contribution in [0.3, 0.4) is 0 Å². The lowest BCUT2D eigenvalue weighted by atomic mass is 10.3. The second-order valence-corrected chi connectivity index (χ2v) is 3.71. The summed E-state index contributed by atoms with van der Waals surface area (Å²) >= 11 is 0. The maximum atomic E-state index is 9.12. The summed E-state index contributed by atoms with van der Waals surface area (Å²) in [5.74, 6) is 0.338. The highest BCUT2D eigenvalue weighted by atomic mass is 79.9. The molecule has 1 aromatic rings. The summed E-state index contributed by atoms with van der Waals surface area (Å²) in [6.45, 7) is 3.28. The van der Waals surface area contributed by atoms with Crippen LogP contribution in [0.25, 0.3) is 0 Å². The summed E-state index contributed by atoms with van der Waals surface area (Å²) in [7, 11) is 1.93. The minimum Gasteiger partial charge on any atom is -1.00 e. The normalized spacial score (nSPS) is 9.28. The van der Waals surface area contributed by atoms with E-state index in [4.69, 9.17) is 15.3 Å². The Kier molecular flexibility index (Phi) is 11.3. The van der Waals surface area contributed by atoms with Gasteiger partial charge in [-0.3, -0.25) is 5.41 Å². The first-order valence-corrected chi connectivity index (χ1v) is 5.52. The Bertz CT molecular complexity index is 358. The first kappa shape index (κ1) is 19.7. The van der Waals surface area contributed by atoms with Gasteiger partial charge in [0.05, 0.1) is 20.2 Å². The number of aromatic nitrogens is 2. The molecule has 1 heterocycles. The maximum absolute atomic E-state index is 9.12. The Balaban J connectivity index is 0. The Morgan fingerprint density at radius 1 is 1.56 bits per heavy atom. The summed E-state index contributed by atoms with van der Waals surface area (Å²) in [4.78, 5) is 0. The molecule has 0 saturated heterocycles. The summed E-state index contributed by atoms with van der Waals surface area (Å²) < 4.78 is 8.98. The molecule has 0 aliphatic carbocycles. The summed E-state index contributed by atoms with van der Waals surface area (Å²) in [6, 6.07) is 0. The topological polar surface area (TPSA) is 62.1 Å². The Labute approximate surface area is 124 Å². The van der Waals surface area contributed by atoms with E-state index in [1.54, 1.807) is 0 Å². The number of nitrogens with one attached hydrogen (secondary N) is 1. The van der Waals surface area contributed by atoms with E-state index in [0.717, 1.165) is 18.7 Å². The van der Waals surface area contributed by atoms with Gasteiger partial charge in [-0.15, -0.1) is 12.4 Å². The molecule has 0 amide bonds. The Hall–Kier alpha value is -0.590. The number of aliphatic hydroxyl groups is 1. The second kappa shape index (κ2) is 10.3. The van der Waals surface area contributed by atoms with Crippen LogP contribution in [0.4, 0.5) is 0 Å². The van der Waals surface area contributed by atoms with Gasteiger partial charge in [-0.25, -0.2) is 9.13 Å². The third kappa shape index (κ3) is 6.37. The van der Waals surface area contributed by atoms with E-state index >= 15 is 0 Å². The molecular formula is C11H21BrClN3O2. The number of hydrogen-bond donors (Lipinski definition) is 2. The van der Waals surface area contributed by atoms with Crippen molar-refractivity contribution < 1.29 is 31.4 Å². The molecule has 0 bridgehead atoms. The van der Waals surface area contributed by atoms with Crippen LogP contribution in [-0.4, -0.2) is 22.2 Å². The molecule has 0 aliphatic rings. The number of aliphatic hydroxyl groups excluding tert-OH is 1. The van der Waals surface area contributed by atoms with E-state index in [0.29, 0.717) is 18.9 Å². The average Bonchev–Trinajstić information content (AvgIpc) is 2.59. The number of hydrogen-bond acceptors (Lipinski definition) is 3. The highest BCUT2D eigenvalue weighted by Crippen LogP contribution is 2.02. The van der Waals surface area contributed by atoms with Crippen LogP contribution in [0.5, 0.6) is 0 Å². The molecule has 0 aromatic carbocycles. The van der Waals surface area contributed by atoms with Gasteiger partial charge in [0, 0.05) is 6.42 Å². The van der Waals surface area contributed by atoms with Gasteiger partial charge in [0.1, 0.15) is 12.8 Å². The number of aryl methyl sites for hydroxylation is 2. The van der Waals surface area contributed by atoms with Gasteiger partial charge in [-0.2, -0.15) is 0 Å². The van der Waals surface area contributed by atoms with Gasteiger partial charge in [-0.1, -0.05) is 0 Å². The van der Waals surface area contributed by atoms with Crippen LogP contribution in [0.2, 0.25) is 0 Å². The van der Waals surface area contributed by atoms with Gasteiger partial charge >= 0.3 is 0 Å². The van der Waals surface area contributed by atoms with Gasteiger partial charge in [-0.05, 0) is 13.3 Å². The van der Waals surface area contributed by atoms with Crippen LogP contribution in [-0.2, 0) is 24.9 Å². The molecule has 1 rings (SSSR count). The van der Waals surface area contributed by atoms with Crippen molar-refractivity contribution >= 4 is 18.3 Å². The Morgan fingerprint density at radius 3 is 2.78 bits per heavy atom. The van der Waals surface area contributed by atoms with Gasteiger partial charge in [0.15, 0.2) is 11.6 Å². The molecule has 106 valence electrons. The molecule has 2 N–H and O–H groups in total. The van der Waals surface area contributed by atoms with Gasteiger partial charge in [0.2, 0.25) is 6.33 Å². The van der Waals surface area contributed by atoms with Crippen LogP contribution in [0, 0.1) is 5.41 Å². The molecule has 18 heavy (non-hydrogen) atoms. The van der Waals surface area contributed by atoms with Crippen molar-refractivity contribution in [3.05, 3.63) is 18.2 Å². The quantitative estimate of drug-likeness (QED) is 0.358. The number of ether oxygens (including phenoxy) is 1. The molecule has 0 unspecified atom stereocenters. The maximum Gasteiger partial charge on any atom is 0.243 e. The van der Waals surface area contributed by atoms with Crippen LogP contribution < -0.4 is 21.5 Å². The van der Waals surface area contributed by atoms with E-state index < -0.39 is 0 Å². The third-order valence-electron chi connectivity index (χ3n) is 2.33. The SMILES string of the molecule is CCOC(=N)CCCn1c[n+](C)cc1CO.Cl.[Br-]. The monoisotopic (exact) mass is 341 g/mol. The predicted octanol–water partition coefficient (Wildman–Crippen LogP) is -1.98. The van der Waals surface area contributed by atoms with Crippen LogP contribution in [0.15, 0.2) is 12.5 Å². The van der Waals surface area contributed by atoms with Gasteiger partial charge in [0.25, 0.3) is 0 Å². The van der Waals surface area contributed by atoms with Crippen molar-refractivity contribution in [2.24, 2.45) is 7.05 Å². The molecule has 0 radical (unpaired) electrons. The zero-order valence-corrected chi connectivity index (χ0v) is 13.1. The van der Waals surface area contributed by atoms with Crippen LogP contribution >= 0.6 is 12.4 Å². The lowest BCUT2D eigenvalue weighted by Crippen LogP contribution is -3.00. The third-order valence-corrected chi connectivity index (χ3v) is 2.33. The lowest BCUT2D eigenvalue weighted by molar-refractivity contribution is -0.671. The van der Waals surface area contributed by atoms with E-state index in [2.05, 4.69) is 0 Å². The highest BCUT2D eigenvalue weighted by Gasteiger charge is 2.10. The molecule has 0 spiro atoms. The molecule has 0 aliphatic heterocycles. The molecule has 0 fully saturated rings. The summed E-state index contributed by atoms with van der Waals surface area (Å²) in [5.41, 5.74) is 0.894. The van der Waals surface area contributed by atoms with E-state index in [1.807, 2.05) is 35.6 Å². The largest absolute Gasteiger partial charge is 1.00 e. The fourth-order valence-corrected chi connectivity index (χ4v) is 1.63. The fraction of sp³-hybridized carbons (Fsp3) is 0.636. The summed E-state index contributed by atoms with van der Waals surface area (Å²) in [5, 5.41) is 16.6. The lowest BCUT2D eigenvalue weighted by Gasteiger charge is -2.03. The number of nitrogens with zero attached hydrogens (tertiary/aromatic N) is 2. The second-order valence-electron chi connectivity index (χ2n) is 3.71. The average molecular weight is 343 g/mol. The first-order valence-electron chi connectivity index (χ1n) is 5.52. The van der Waals surface area contributed by atoms with Crippen LogP contribution in [0.1, 0.15) is 25.5 Å². The fourth-order valence-electron chi connectivity index (χ4n) is 1.63. The van der Waals surface area contributed by atoms with Crippen molar-refractivity contribution in [1.82, 2.24) is 4.57 Å². The first-order chi connectivity index (χ1) is 7.67. The van der Waals surface area contributed by atoms with Crippen molar-refractivity contribution in [1.29, 1.82) is 5.41 Å². The zero-order chi connectivity index (χ0) is 12.0. The standard InChI is InChI=1S/C11H20N3O2.BrH.ClH/c1-3-16-11(12)5-4-6-14-9-13(2)7-10(14)8-15;;/h7,9,12,15H,3-6,8H2,1-2H3;2*1H/q+1;;/p-1. The minimum atomic E-state index is 0. The van der Waals surface area contributed by atoms with Gasteiger partial charge < -0.3 is 26.8 Å². The number of rotatable bonds is 6. The molecular weight excluding hydrogens is 321 g/mol. The van der Waals surface area contributed by atoms with Crippen molar-refractivity contribution in [3.63, 3.8) is 0 Å². The van der Waals surface area contributed by atoms with Crippen molar-refractivity contribution in [2.75, 3.05) is 6.61 Å². The highest BCUT2D eigenvalue weighted by molar-refractivity contribution is 5.85. The summed E-state index contributed by atoms with van der Waals surface area (Å²) in [6.07, 6.45) is 5.32. The van der Waals surface area contributed by atoms with E-state index in [9.17, 15) is 0 Å². The molecule has 1 aromatic heterocycles. The molecule has 0 atom stereocenters. The van der Waals surface area contributed by atoms with Crippen molar-refractivity contribution in [2.45, 2.75) is 32.9 Å². The Morgan fingerprint density at radius 2 is 2.22 bits per heavy atom. The van der Waals surface area contributed by atoms with E-state index in [1.165, 1.54) is 0 Å².